The zero-order chi connectivity index (χ0) is 13.9. The Kier molecular flexibility index (Phi) is 4.49. The van der Waals surface area contributed by atoms with Crippen molar-refractivity contribution in [2.75, 3.05) is 0 Å². The van der Waals surface area contributed by atoms with Crippen molar-refractivity contribution in [2.24, 2.45) is 0 Å². The minimum atomic E-state index is -1.62. The standard InChI is InChI=1S/C12H17NO5/c1-4-9(10(14)12(16)17)13-11(15)8-5-6(2)18-7(8)3/h5,9-10,14H,4H2,1-3H3,(H,13,15)(H,16,17). The van der Waals surface area contributed by atoms with Crippen molar-refractivity contribution < 1.29 is 24.2 Å². The highest BCUT2D eigenvalue weighted by Crippen LogP contribution is 2.14. The van der Waals surface area contributed by atoms with E-state index in [9.17, 15) is 14.7 Å². The second kappa shape index (κ2) is 5.68. The van der Waals surface area contributed by atoms with Gasteiger partial charge in [0.05, 0.1) is 11.6 Å². The summed E-state index contributed by atoms with van der Waals surface area (Å²) in [5.41, 5.74) is 0.350. The fourth-order valence-corrected chi connectivity index (χ4v) is 1.68. The first-order chi connectivity index (χ1) is 8.36. The minimum absolute atomic E-state index is 0.315. The van der Waals surface area contributed by atoms with Crippen LogP contribution in [0.3, 0.4) is 0 Å². The molecule has 1 aromatic heterocycles. The highest BCUT2D eigenvalue weighted by molar-refractivity contribution is 5.95. The van der Waals surface area contributed by atoms with Crippen LogP contribution in [0.5, 0.6) is 0 Å². The highest BCUT2D eigenvalue weighted by Gasteiger charge is 2.27. The molecular formula is C12H17NO5. The van der Waals surface area contributed by atoms with Crippen molar-refractivity contribution in [2.45, 2.75) is 39.3 Å². The van der Waals surface area contributed by atoms with Gasteiger partial charge in [-0.1, -0.05) is 6.92 Å². The number of amides is 1. The van der Waals surface area contributed by atoms with Crippen LogP contribution in [0.15, 0.2) is 10.5 Å². The molecule has 1 rings (SSSR count). The molecule has 0 aliphatic heterocycles. The highest BCUT2D eigenvalue weighted by atomic mass is 16.4. The molecule has 0 fully saturated rings. The number of aliphatic hydroxyl groups excluding tert-OH is 1. The van der Waals surface area contributed by atoms with E-state index >= 15 is 0 Å². The molecule has 0 radical (unpaired) electrons. The normalized spacial score (nSPS) is 14.0. The van der Waals surface area contributed by atoms with Crippen molar-refractivity contribution in [3.8, 4) is 0 Å². The predicted molar refractivity (Wildman–Crippen MR) is 63.4 cm³/mol. The molecule has 2 unspecified atom stereocenters. The summed E-state index contributed by atoms with van der Waals surface area (Å²) in [6, 6.07) is 0.745. The van der Waals surface area contributed by atoms with Crippen LogP contribution in [-0.2, 0) is 4.79 Å². The number of aliphatic hydroxyl groups is 1. The summed E-state index contributed by atoms with van der Waals surface area (Å²) < 4.78 is 5.22. The van der Waals surface area contributed by atoms with Gasteiger partial charge in [0.2, 0.25) is 0 Å². The first-order valence-corrected chi connectivity index (χ1v) is 5.65. The molecule has 0 aromatic carbocycles. The van der Waals surface area contributed by atoms with E-state index in [0.29, 0.717) is 23.5 Å². The number of aliphatic carboxylic acids is 1. The molecule has 1 amide bonds. The third-order valence-electron chi connectivity index (χ3n) is 2.68. The van der Waals surface area contributed by atoms with Crippen LogP contribution in [0.25, 0.3) is 0 Å². The zero-order valence-electron chi connectivity index (χ0n) is 10.6. The topological polar surface area (TPSA) is 99.8 Å². The van der Waals surface area contributed by atoms with Gasteiger partial charge in [-0.15, -0.1) is 0 Å². The molecule has 0 saturated carbocycles. The van der Waals surface area contributed by atoms with Gasteiger partial charge in [-0.25, -0.2) is 4.79 Å². The van der Waals surface area contributed by atoms with Crippen LogP contribution in [0, 0.1) is 13.8 Å². The molecular weight excluding hydrogens is 238 g/mol. The van der Waals surface area contributed by atoms with E-state index in [1.165, 1.54) is 0 Å². The predicted octanol–water partition coefficient (Wildman–Crippen LogP) is 0.850. The van der Waals surface area contributed by atoms with E-state index in [-0.39, 0.29) is 0 Å². The number of carboxylic acid groups (broad SMARTS) is 1. The number of rotatable bonds is 5. The molecule has 2 atom stereocenters. The molecule has 6 nitrogen and oxygen atoms in total. The van der Waals surface area contributed by atoms with Gasteiger partial charge in [0.15, 0.2) is 6.10 Å². The third kappa shape index (κ3) is 3.10. The smallest absolute Gasteiger partial charge is 0.334 e. The molecule has 0 saturated heterocycles. The fourth-order valence-electron chi connectivity index (χ4n) is 1.68. The summed E-state index contributed by atoms with van der Waals surface area (Å²) in [5.74, 6) is -0.743. The quantitative estimate of drug-likeness (QED) is 0.724. The van der Waals surface area contributed by atoms with Crippen LogP contribution in [0.1, 0.15) is 35.2 Å². The lowest BCUT2D eigenvalue weighted by atomic mass is 10.1. The van der Waals surface area contributed by atoms with Crippen molar-refractivity contribution in [1.29, 1.82) is 0 Å². The van der Waals surface area contributed by atoms with Crippen LogP contribution in [0.4, 0.5) is 0 Å². The fraction of sp³-hybridized carbons (Fsp3) is 0.500. The number of furan rings is 1. The lowest BCUT2D eigenvalue weighted by Gasteiger charge is -2.19. The molecule has 0 aliphatic carbocycles. The van der Waals surface area contributed by atoms with Gasteiger partial charge in [-0.2, -0.15) is 0 Å². The maximum atomic E-state index is 11.9. The molecule has 3 N–H and O–H groups in total. The zero-order valence-corrected chi connectivity index (χ0v) is 10.6. The van der Waals surface area contributed by atoms with Crippen molar-refractivity contribution >= 4 is 11.9 Å². The maximum Gasteiger partial charge on any atom is 0.334 e. The summed E-state index contributed by atoms with van der Waals surface area (Å²) in [6.45, 7) is 5.05. The molecule has 18 heavy (non-hydrogen) atoms. The summed E-state index contributed by atoms with van der Waals surface area (Å²) in [4.78, 5) is 22.6. The van der Waals surface area contributed by atoms with Gasteiger partial charge in [0, 0.05) is 0 Å². The van der Waals surface area contributed by atoms with Gasteiger partial charge in [0.25, 0.3) is 5.91 Å². The van der Waals surface area contributed by atoms with Crippen molar-refractivity contribution in [1.82, 2.24) is 5.32 Å². The Morgan fingerprint density at radius 3 is 2.44 bits per heavy atom. The molecule has 1 heterocycles. The molecule has 0 aliphatic rings. The second-order valence-electron chi connectivity index (χ2n) is 4.10. The lowest BCUT2D eigenvalue weighted by Crippen LogP contribution is -2.46. The van der Waals surface area contributed by atoms with Crippen LogP contribution in [-0.4, -0.2) is 34.2 Å². The monoisotopic (exact) mass is 255 g/mol. The number of nitrogens with one attached hydrogen (secondary N) is 1. The Morgan fingerprint density at radius 2 is 2.06 bits per heavy atom. The first kappa shape index (κ1) is 14.2. The summed E-state index contributed by atoms with van der Waals surface area (Å²) >= 11 is 0. The first-order valence-electron chi connectivity index (χ1n) is 5.65. The Hall–Kier alpha value is -1.82. The Labute approximate surface area is 105 Å². The van der Waals surface area contributed by atoms with E-state index < -0.39 is 24.0 Å². The third-order valence-corrected chi connectivity index (χ3v) is 2.68. The maximum absolute atomic E-state index is 11.9. The largest absolute Gasteiger partial charge is 0.479 e. The van der Waals surface area contributed by atoms with E-state index in [2.05, 4.69) is 5.32 Å². The van der Waals surface area contributed by atoms with E-state index in [0.717, 1.165) is 0 Å². The molecule has 100 valence electrons. The minimum Gasteiger partial charge on any atom is -0.479 e. The summed E-state index contributed by atoms with van der Waals surface area (Å²) in [7, 11) is 0. The van der Waals surface area contributed by atoms with Gasteiger partial charge >= 0.3 is 5.97 Å². The van der Waals surface area contributed by atoms with Crippen molar-refractivity contribution in [3.63, 3.8) is 0 Å². The number of carboxylic acids is 1. The average molecular weight is 255 g/mol. The van der Waals surface area contributed by atoms with Gasteiger partial charge in [-0.05, 0) is 26.3 Å². The van der Waals surface area contributed by atoms with Crippen LogP contribution >= 0.6 is 0 Å². The molecule has 0 bridgehead atoms. The van der Waals surface area contributed by atoms with E-state index in [1.807, 2.05) is 0 Å². The van der Waals surface area contributed by atoms with Crippen molar-refractivity contribution in [3.05, 3.63) is 23.2 Å². The van der Waals surface area contributed by atoms with Gasteiger partial charge in [0.1, 0.15) is 11.5 Å². The Balaban J connectivity index is 2.80. The molecule has 0 spiro atoms. The lowest BCUT2D eigenvalue weighted by molar-refractivity contribution is -0.148. The van der Waals surface area contributed by atoms with E-state index in [1.54, 1.807) is 26.8 Å². The number of aryl methyl sites for hydroxylation is 2. The van der Waals surface area contributed by atoms with Crippen LogP contribution < -0.4 is 5.32 Å². The second-order valence-corrected chi connectivity index (χ2v) is 4.10. The Morgan fingerprint density at radius 1 is 1.44 bits per heavy atom. The average Bonchev–Trinajstić information content (AvgIpc) is 2.64. The number of hydrogen-bond acceptors (Lipinski definition) is 4. The summed E-state index contributed by atoms with van der Waals surface area (Å²) in [6.07, 6.45) is -1.30. The number of carbonyl (C=O) groups excluding carboxylic acids is 1. The summed E-state index contributed by atoms with van der Waals surface area (Å²) in [5, 5.41) is 20.6. The number of hydrogen-bond donors (Lipinski definition) is 3. The molecule has 6 heteroatoms. The SMILES string of the molecule is CCC(NC(=O)c1cc(C)oc1C)C(O)C(=O)O. The Bertz CT molecular complexity index is 451. The molecule has 1 aromatic rings. The van der Waals surface area contributed by atoms with E-state index in [4.69, 9.17) is 9.52 Å². The van der Waals surface area contributed by atoms with Crippen LogP contribution in [0.2, 0.25) is 0 Å². The number of carbonyl (C=O) groups is 2. The van der Waals surface area contributed by atoms with Gasteiger partial charge in [-0.3, -0.25) is 4.79 Å². The van der Waals surface area contributed by atoms with Gasteiger partial charge < -0.3 is 19.9 Å².